The van der Waals surface area contributed by atoms with E-state index in [0.717, 1.165) is 28.5 Å². The van der Waals surface area contributed by atoms with Gasteiger partial charge in [-0.2, -0.15) is 0 Å². The molecular weight excluding hydrogens is 282 g/mol. The van der Waals surface area contributed by atoms with Crippen molar-refractivity contribution in [3.05, 3.63) is 29.3 Å². The van der Waals surface area contributed by atoms with Crippen molar-refractivity contribution in [2.45, 2.75) is 30.3 Å². The van der Waals surface area contributed by atoms with Crippen LogP contribution in [0.2, 0.25) is 5.02 Å². The first-order valence-corrected chi connectivity index (χ1v) is 7.83. The van der Waals surface area contributed by atoms with Gasteiger partial charge < -0.3 is 10.4 Å². The molecule has 0 aliphatic heterocycles. The summed E-state index contributed by atoms with van der Waals surface area (Å²) in [6, 6.07) is 7.65. The number of amides is 1. The Morgan fingerprint density at radius 1 is 1.42 bits per heavy atom. The molecule has 0 spiro atoms. The zero-order valence-electron chi connectivity index (χ0n) is 10.6. The van der Waals surface area contributed by atoms with Gasteiger partial charge in [0.1, 0.15) is 0 Å². The second kappa shape index (κ2) is 7.17. The zero-order valence-corrected chi connectivity index (χ0v) is 12.2. The standard InChI is InChI=1S/C14H18ClNO2S/c15-12-3-1-2-4-13(12)19-6-5-14(18)16-9-10-7-11(17)8-10/h1-4,10-11,17H,5-9H2,(H,16,18). The summed E-state index contributed by atoms with van der Waals surface area (Å²) in [6.45, 7) is 0.687. The summed E-state index contributed by atoms with van der Waals surface area (Å²) in [7, 11) is 0. The Morgan fingerprint density at radius 2 is 2.16 bits per heavy atom. The lowest BCUT2D eigenvalue weighted by atomic mass is 9.82. The third-order valence-corrected chi connectivity index (χ3v) is 4.74. The molecule has 3 nitrogen and oxygen atoms in total. The molecule has 0 saturated heterocycles. The summed E-state index contributed by atoms with van der Waals surface area (Å²) in [6.07, 6.45) is 1.96. The highest BCUT2D eigenvalue weighted by Gasteiger charge is 2.26. The first kappa shape index (κ1) is 14.7. The lowest BCUT2D eigenvalue weighted by Gasteiger charge is -2.31. The number of hydrogen-bond donors (Lipinski definition) is 2. The Hall–Kier alpha value is -0.710. The molecule has 2 N–H and O–H groups in total. The summed E-state index contributed by atoms with van der Waals surface area (Å²) in [4.78, 5) is 12.6. The minimum Gasteiger partial charge on any atom is -0.393 e. The van der Waals surface area contributed by atoms with Gasteiger partial charge in [-0.15, -0.1) is 11.8 Å². The largest absolute Gasteiger partial charge is 0.393 e. The summed E-state index contributed by atoms with van der Waals surface area (Å²) < 4.78 is 0. The van der Waals surface area contributed by atoms with Crippen molar-refractivity contribution < 1.29 is 9.90 Å². The van der Waals surface area contributed by atoms with Crippen LogP contribution in [-0.4, -0.2) is 29.4 Å². The van der Waals surface area contributed by atoms with Crippen molar-refractivity contribution >= 4 is 29.3 Å². The number of benzene rings is 1. The molecule has 104 valence electrons. The van der Waals surface area contributed by atoms with Crippen molar-refractivity contribution in [3.63, 3.8) is 0 Å². The molecule has 5 heteroatoms. The van der Waals surface area contributed by atoms with Gasteiger partial charge in [-0.1, -0.05) is 23.7 Å². The highest BCUT2D eigenvalue weighted by Crippen LogP contribution is 2.27. The SMILES string of the molecule is O=C(CCSc1ccccc1Cl)NCC1CC(O)C1. The maximum Gasteiger partial charge on any atom is 0.220 e. The maximum atomic E-state index is 11.6. The number of halogens is 1. The lowest BCUT2D eigenvalue weighted by molar-refractivity contribution is -0.121. The first-order valence-electron chi connectivity index (χ1n) is 6.47. The number of aliphatic hydroxyl groups excluding tert-OH is 1. The molecule has 1 aliphatic carbocycles. The highest BCUT2D eigenvalue weighted by atomic mass is 35.5. The van der Waals surface area contributed by atoms with E-state index in [1.807, 2.05) is 24.3 Å². The van der Waals surface area contributed by atoms with Crippen molar-refractivity contribution in [1.82, 2.24) is 5.32 Å². The molecule has 1 aliphatic rings. The van der Waals surface area contributed by atoms with E-state index in [0.29, 0.717) is 18.9 Å². The normalized spacial score (nSPS) is 21.8. The Labute approximate surface area is 122 Å². The van der Waals surface area contributed by atoms with E-state index < -0.39 is 0 Å². The van der Waals surface area contributed by atoms with Crippen LogP contribution in [0.15, 0.2) is 29.2 Å². The molecule has 1 saturated carbocycles. The first-order chi connectivity index (χ1) is 9.15. The Kier molecular flexibility index (Phi) is 5.55. The molecule has 2 rings (SSSR count). The topological polar surface area (TPSA) is 49.3 Å². The zero-order chi connectivity index (χ0) is 13.7. The predicted molar refractivity (Wildman–Crippen MR) is 78.5 cm³/mol. The van der Waals surface area contributed by atoms with Crippen molar-refractivity contribution in [2.75, 3.05) is 12.3 Å². The quantitative estimate of drug-likeness (QED) is 0.794. The lowest BCUT2D eigenvalue weighted by Crippen LogP contribution is -2.38. The van der Waals surface area contributed by atoms with Gasteiger partial charge in [0.2, 0.25) is 5.91 Å². The van der Waals surface area contributed by atoms with Crippen molar-refractivity contribution in [2.24, 2.45) is 5.92 Å². The van der Waals surface area contributed by atoms with Gasteiger partial charge in [-0.05, 0) is 30.9 Å². The van der Waals surface area contributed by atoms with Gasteiger partial charge in [0, 0.05) is 23.6 Å². The molecule has 0 bridgehead atoms. The number of carbonyl (C=O) groups excluding carboxylic acids is 1. The molecule has 0 radical (unpaired) electrons. The predicted octanol–water partition coefficient (Wildman–Crippen LogP) is 2.71. The molecule has 0 atom stereocenters. The third kappa shape index (κ3) is 4.71. The van der Waals surface area contributed by atoms with Crippen LogP contribution in [0.4, 0.5) is 0 Å². The smallest absolute Gasteiger partial charge is 0.220 e. The van der Waals surface area contributed by atoms with Crippen molar-refractivity contribution in [1.29, 1.82) is 0 Å². The number of carbonyl (C=O) groups is 1. The van der Waals surface area contributed by atoms with E-state index in [1.165, 1.54) is 0 Å². The summed E-state index contributed by atoms with van der Waals surface area (Å²) >= 11 is 7.63. The summed E-state index contributed by atoms with van der Waals surface area (Å²) in [5.41, 5.74) is 0. The van der Waals surface area contributed by atoms with E-state index in [4.69, 9.17) is 16.7 Å². The highest BCUT2D eigenvalue weighted by molar-refractivity contribution is 7.99. The number of nitrogens with one attached hydrogen (secondary N) is 1. The molecule has 1 aromatic carbocycles. The Balaban J connectivity index is 1.60. The molecule has 1 amide bonds. The van der Waals surface area contributed by atoms with E-state index >= 15 is 0 Å². The average molecular weight is 300 g/mol. The maximum absolute atomic E-state index is 11.6. The van der Waals surface area contributed by atoms with Crippen LogP contribution < -0.4 is 5.32 Å². The number of hydrogen-bond acceptors (Lipinski definition) is 3. The fourth-order valence-electron chi connectivity index (χ4n) is 2.03. The molecule has 0 heterocycles. The summed E-state index contributed by atoms with van der Waals surface area (Å²) in [5.74, 6) is 1.25. The summed E-state index contributed by atoms with van der Waals surface area (Å²) in [5, 5.41) is 12.8. The Morgan fingerprint density at radius 3 is 2.84 bits per heavy atom. The third-order valence-electron chi connectivity index (χ3n) is 3.22. The van der Waals surface area contributed by atoms with Crippen LogP contribution in [0.25, 0.3) is 0 Å². The fraction of sp³-hybridized carbons (Fsp3) is 0.500. The van der Waals surface area contributed by atoms with Gasteiger partial charge >= 0.3 is 0 Å². The monoisotopic (exact) mass is 299 g/mol. The van der Waals surface area contributed by atoms with Gasteiger partial charge in [-0.3, -0.25) is 4.79 Å². The average Bonchev–Trinajstić information content (AvgIpc) is 2.35. The van der Waals surface area contributed by atoms with E-state index in [2.05, 4.69) is 5.32 Å². The number of rotatable bonds is 6. The van der Waals surface area contributed by atoms with Crippen LogP contribution in [0.1, 0.15) is 19.3 Å². The second-order valence-electron chi connectivity index (χ2n) is 4.82. The van der Waals surface area contributed by atoms with Gasteiger partial charge in [0.15, 0.2) is 0 Å². The minimum atomic E-state index is -0.155. The van der Waals surface area contributed by atoms with Crippen LogP contribution in [0.3, 0.4) is 0 Å². The molecule has 1 fully saturated rings. The van der Waals surface area contributed by atoms with Crippen LogP contribution in [-0.2, 0) is 4.79 Å². The molecule has 0 aromatic heterocycles. The molecular formula is C14H18ClNO2S. The van der Waals surface area contributed by atoms with E-state index in [1.54, 1.807) is 11.8 Å². The Bertz CT molecular complexity index is 435. The number of aliphatic hydroxyl groups is 1. The number of thioether (sulfide) groups is 1. The molecule has 1 aromatic rings. The van der Waals surface area contributed by atoms with Gasteiger partial charge in [0.05, 0.1) is 11.1 Å². The second-order valence-corrected chi connectivity index (χ2v) is 6.37. The molecule has 19 heavy (non-hydrogen) atoms. The fourth-order valence-corrected chi connectivity index (χ4v) is 3.22. The van der Waals surface area contributed by atoms with Gasteiger partial charge in [0.25, 0.3) is 0 Å². The van der Waals surface area contributed by atoms with Crippen LogP contribution >= 0.6 is 23.4 Å². The van der Waals surface area contributed by atoms with Crippen LogP contribution in [0.5, 0.6) is 0 Å². The van der Waals surface area contributed by atoms with E-state index in [-0.39, 0.29) is 12.0 Å². The minimum absolute atomic E-state index is 0.0703. The van der Waals surface area contributed by atoms with Crippen molar-refractivity contribution in [3.8, 4) is 0 Å². The van der Waals surface area contributed by atoms with Crippen LogP contribution in [0, 0.1) is 5.92 Å². The van der Waals surface area contributed by atoms with E-state index in [9.17, 15) is 4.79 Å². The molecule has 0 unspecified atom stereocenters. The van der Waals surface area contributed by atoms with Gasteiger partial charge in [-0.25, -0.2) is 0 Å².